The Labute approximate surface area is 138 Å². The second-order valence-corrected chi connectivity index (χ2v) is 5.51. The van der Waals surface area contributed by atoms with Gasteiger partial charge in [-0.3, -0.25) is 0 Å². The zero-order valence-electron chi connectivity index (χ0n) is 14.2. The second-order valence-electron chi connectivity index (χ2n) is 5.51. The van der Waals surface area contributed by atoms with Crippen LogP contribution in [0.3, 0.4) is 0 Å². The van der Waals surface area contributed by atoms with E-state index in [1.165, 1.54) is 12.0 Å². The molecule has 0 aliphatic carbocycles. The van der Waals surface area contributed by atoms with E-state index in [0.717, 1.165) is 43.4 Å². The lowest BCUT2D eigenvalue weighted by Gasteiger charge is -2.17. The van der Waals surface area contributed by atoms with Gasteiger partial charge in [-0.1, -0.05) is 31.5 Å². The van der Waals surface area contributed by atoms with Gasteiger partial charge in [-0.25, -0.2) is 4.98 Å². The summed E-state index contributed by atoms with van der Waals surface area (Å²) in [6, 6.07) is 9.99. The molecule has 0 bridgehead atoms. The average Bonchev–Trinajstić information content (AvgIpc) is 2.60. The first kappa shape index (κ1) is 17.1. The molecule has 0 atom stereocenters. The Balaban J connectivity index is 1.90. The molecule has 2 rings (SSSR count). The van der Waals surface area contributed by atoms with Crippen molar-refractivity contribution in [3.63, 3.8) is 0 Å². The van der Waals surface area contributed by atoms with E-state index >= 15 is 0 Å². The minimum absolute atomic E-state index is 0.765. The molecule has 0 saturated carbocycles. The van der Waals surface area contributed by atoms with Crippen molar-refractivity contribution in [1.29, 1.82) is 0 Å². The van der Waals surface area contributed by atoms with Gasteiger partial charge in [0.1, 0.15) is 11.6 Å². The highest BCUT2D eigenvalue weighted by molar-refractivity contribution is 5.41. The number of methoxy groups -OCH3 is 1. The van der Waals surface area contributed by atoms with Crippen molar-refractivity contribution in [1.82, 2.24) is 9.97 Å². The van der Waals surface area contributed by atoms with Crippen LogP contribution < -0.4 is 15.0 Å². The van der Waals surface area contributed by atoms with Crippen molar-refractivity contribution in [2.24, 2.45) is 0 Å². The van der Waals surface area contributed by atoms with Gasteiger partial charge in [0, 0.05) is 26.3 Å². The summed E-state index contributed by atoms with van der Waals surface area (Å²) in [5.41, 5.74) is 1.19. The highest BCUT2D eigenvalue weighted by atomic mass is 16.5. The van der Waals surface area contributed by atoms with Gasteiger partial charge in [0.2, 0.25) is 5.95 Å². The Morgan fingerprint density at radius 3 is 2.83 bits per heavy atom. The third-order valence-electron chi connectivity index (χ3n) is 3.72. The molecule has 1 aromatic carbocycles. The van der Waals surface area contributed by atoms with Crippen LogP contribution in [0, 0.1) is 0 Å². The Bertz CT molecular complexity index is 603. The number of rotatable bonds is 9. The number of unbranched alkanes of at least 4 members (excludes halogenated alkanes) is 1. The molecule has 0 aliphatic rings. The lowest BCUT2D eigenvalue weighted by atomic mass is 10.1. The number of hydrogen-bond acceptors (Lipinski definition) is 5. The molecule has 5 heteroatoms. The molecule has 0 amide bonds. The van der Waals surface area contributed by atoms with E-state index in [1.54, 1.807) is 13.3 Å². The van der Waals surface area contributed by atoms with E-state index in [0.29, 0.717) is 0 Å². The minimum Gasteiger partial charge on any atom is -0.496 e. The van der Waals surface area contributed by atoms with Gasteiger partial charge < -0.3 is 15.0 Å². The molecule has 124 valence electrons. The Morgan fingerprint density at radius 1 is 1.22 bits per heavy atom. The quantitative estimate of drug-likeness (QED) is 0.769. The maximum atomic E-state index is 5.38. The Kier molecular flexibility index (Phi) is 6.66. The van der Waals surface area contributed by atoms with Crippen LogP contribution >= 0.6 is 0 Å². The summed E-state index contributed by atoms with van der Waals surface area (Å²) in [6.45, 7) is 3.96. The van der Waals surface area contributed by atoms with E-state index in [4.69, 9.17) is 4.74 Å². The van der Waals surface area contributed by atoms with Crippen molar-refractivity contribution >= 4 is 11.8 Å². The lowest BCUT2D eigenvalue weighted by Crippen LogP contribution is -2.21. The summed E-state index contributed by atoms with van der Waals surface area (Å²) in [5, 5.41) is 3.36. The molecular weight excluding hydrogens is 288 g/mol. The number of ether oxygens (including phenoxy) is 1. The normalized spacial score (nSPS) is 10.4. The Hall–Kier alpha value is -2.30. The van der Waals surface area contributed by atoms with Crippen LogP contribution in [-0.2, 0) is 6.42 Å². The van der Waals surface area contributed by atoms with Crippen LogP contribution in [0.1, 0.15) is 25.3 Å². The van der Waals surface area contributed by atoms with Crippen molar-refractivity contribution in [2.45, 2.75) is 26.2 Å². The fourth-order valence-corrected chi connectivity index (χ4v) is 2.36. The van der Waals surface area contributed by atoms with Crippen LogP contribution in [0.5, 0.6) is 5.75 Å². The maximum Gasteiger partial charge on any atom is 0.226 e. The summed E-state index contributed by atoms with van der Waals surface area (Å²) >= 11 is 0. The number of nitrogens with one attached hydrogen (secondary N) is 1. The van der Waals surface area contributed by atoms with Gasteiger partial charge in [-0.05, 0) is 30.5 Å². The summed E-state index contributed by atoms with van der Waals surface area (Å²) in [6.07, 6.45) is 5.00. The molecule has 5 nitrogen and oxygen atoms in total. The molecule has 0 saturated heterocycles. The zero-order valence-corrected chi connectivity index (χ0v) is 14.2. The van der Waals surface area contributed by atoms with Gasteiger partial charge >= 0.3 is 0 Å². The highest BCUT2D eigenvalue weighted by Gasteiger charge is 2.05. The predicted molar refractivity (Wildman–Crippen MR) is 95.4 cm³/mol. The van der Waals surface area contributed by atoms with Crippen LogP contribution in [0.2, 0.25) is 0 Å². The van der Waals surface area contributed by atoms with Gasteiger partial charge in [0.05, 0.1) is 7.11 Å². The number of anilines is 2. The number of nitrogens with zero attached hydrogens (tertiary/aromatic N) is 3. The first-order valence-corrected chi connectivity index (χ1v) is 8.14. The standard InChI is InChI=1S/C18H26N4O/c1-4-5-14-22(2)18-20-13-11-17(21-18)19-12-10-15-8-6-7-9-16(15)23-3/h6-9,11,13H,4-5,10,12,14H2,1-3H3,(H,19,20,21). The molecule has 1 heterocycles. The van der Waals surface area contributed by atoms with E-state index < -0.39 is 0 Å². The van der Waals surface area contributed by atoms with Crippen LogP contribution in [0.15, 0.2) is 36.5 Å². The van der Waals surface area contributed by atoms with Gasteiger partial charge in [0.15, 0.2) is 0 Å². The largest absolute Gasteiger partial charge is 0.496 e. The summed E-state index contributed by atoms with van der Waals surface area (Å²) in [7, 11) is 3.73. The van der Waals surface area contributed by atoms with E-state index in [-0.39, 0.29) is 0 Å². The topological polar surface area (TPSA) is 50.3 Å². The number of aromatic nitrogens is 2. The van der Waals surface area contributed by atoms with Gasteiger partial charge in [-0.15, -0.1) is 0 Å². The molecule has 1 aromatic heterocycles. The fourth-order valence-electron chi connectivity index (χ4n) is 2.36. The molecule has 0 unspecified atom stereocenters. The van der Waals surface area contributed by atoms with Gasteiger partial charge in [0.25, 0.3) is 0 Å². The predicted octanol–water partition coefficient (Wildman–Crippen LogP) is 3.38. The minimum atomic E-state index is 0.765. The monoisotopic (exact) mass is 314 g/mol. The molecule has 1 N–H and O–H groups in total. The van der Waals surface area contributed by atoms with Crippen molar-refractivity contribution in [3.8, 4) is 5.75 Å². The van der Waals surface area contributed by atoms with E-state index in [2.05, 4.69) is 33.2 Å². The first-order chi connectivity index (χ1) is 11.2. The number of para-hydroxylation sites is 1. The summed E-state index contributed by atoms with van der Waals surface area (Å²) in [4.78, 5) is 11.0. The molecule has 0 fully saturated rings. The molecule has 23 heavy (non-hydrogen) atoms. The van der Waals surface area contributed by atoms with Gasteiger partial charge in [-0.2, -0.15) is 4.98 Å². The lowest BCUT2D eigenvalue weighted by molar-refractivity contribution is 0.410. The molecular formula is C18H26N4O. The molecule has 0 radical (unpaired) electrons. The second kappa shape index (κ2) is 8.98. The van der Waals surface area contributed by atoms with E-state index in [1.807, 2.05) is 31.3 Å². The van der Waals surface area contributed by atoms with Crippen molar-refractivity contribution in [2.75, 3.05) is 37.5 Å². The molecule has 2 aromatic rings. The maximum absolute atomic E-state index is 5.38. The summed E-state index contributed by atoms with van der Waals surface area (Å²) in [5.74, 6) is 2.55. The highest BCUT2D eigenvalue weighted by Crippen LogP contribution is 2.18. The third kappa shape index (κ3) is 5.13. The fraction of sp³-hybridized carbons (Fsp3) is 0.444. The zero-order chi connectivity index (χ0) is 16.5. The number of benzene rings is 1. The average molecular weight is 314 g/mol. The van der Waals surface area contributed by atoms with Crippen LogP contribution in [0.25, 0.3) is 0 Å². The SMILES string of the molecule is CCCCN(C)c1nccc(NCCc2ccccc2OC)n1. The first-order valence-electron chi connectivity index (χ1n) is 8.14. The summed E-state index contributed by atoms with van der Waals surface area (Å²) < 4.78 is 5.38. The van der Waals surface area contributed by atoms with Crippen molar-refractivity contribution < 1.29 is 4.74 Å². The molecule has 0 spiro atoms. The van der Waals surface area contributed by atoms with Crippen LogP contribution in [-0.4, -0.2) is 37.2 Å². The van der Waals surface area contributed by atoms with E-state index in [9.17, 15) is 0 Å². The van der Waals surface area contributed by atoms with Crippen LogP contribution in [0.4, 0.5) is 11.8 Å². The molecule has 0 aliphatic heterocycles. The number of hydrogen-bond donors (Lipinski definition) is 1. The smallest absolute Gasteiger partial charge is 0.226 e. The third-order valence-corrected chi connectivity index (χ3v) is 3.72. The van der Waals surface area contributed by atoms with Crippen molar-refractivity contribution in [3.05, 3.63) is 42.1 Å². The Morgan fingerprint density at radius 2 is 2.04 bits per heavy atom.